The zero-order valence-electron chi connectivity index (χ0n) is 12.4. The summed E-state index contributed by atoms with van der Waals surface area (Å²) in [5.41, 5.74) is 0. The van der Waals surface area contributed by atoms with Crippen LogP contribution in [-0.2, 0) is 9.47 Å². The molecule has 1 aliphatic heterocycles. The van der Waals surface area contributed by atoms with E-state index in [2.05, 4.69) is 30.1 Å². The van der Waals surface area contributed by atoms with Gasteiger partial charge in [-0.15, -0.1) is 0 Å². The van der Waals surface area contributed by atoms with E-state index in [9.17, 15) is 0 Å². The van der Waals surface area contributed by atoms with E-state index in [0.29, 0.717) is 18.6 Å². The minimum Gasteiger partial charge on any atom is -0.495 e. The van der Waals surface area contributed by atoms with E-state index in [4.69, 9.17) is 9.47 Å². The number of piperidine rings is 1. The highest BCUT2D eigenvalue weighted by Gasteiger charge is 2.22. The van der Waals surface area contributed by atoms with Crippen LogP contribution in [0.1, 0.15) is 26.2 Å². The van der Waals surface area contributed by atoms with Crippen molar-refractivity contribution in [3.8, 4) is 0 Å². The Morgan fingerprint density at radius 2 is 2.11 bits per heavy atom. The first-order valence-electron chi connectivity index (χ1n) is 7.20. The summed E-state index contributed by atoms with van der Waals surface area (Å²) in [6.45, 7) is 14.4. The SMILES string of the molecule is C=NCC(CC)C(=C)OC1CCN(CCOC)CC1. The summed E-state index contributed by atoms with van der Waals surface area (Å²) in [5.74, 6) is 1.19. The van der Waals surface area contributed by atoms with Crippen LogP contribution in [0.5, 0.6) is 0 Å². The number of methoxy groups -OCH3 is 1. The molecule has 1 unspecified atom stereocenters. The summed E-state index contributed by atoms with van der Waals surface area (Å²) >= 11 is 0. The number of likely N-dealkylation sites (tertiary alicyclic amines) is 1. The van der Waals surface area contributed by atoms with Gasteiger partial charge in [-0.1, -0.05) is 13.5 Å². The fourth-order valence-electron chi connectivity index (χ4n) is 2.40. The molecule has 4 nitrogen and oxygen atoms in total. The molecule has 0 spiro atoms. The summed E-state index contributed by atoms with van der Waals surface area (Å²) < 4.78 is 11.1. The monoisotopic (exact) mass is 268 g/mol. The molecule has 1 saturated heterocycles. The largest absolute Gasteiger partial charge is 0.495 e. The summed E-state index contributed by atoms with van der Waals surface area (Å²) in [4.78, 5) is 6.38. The van der Waals surface area contributed by atoms with Gasteiger partial charge in [-0.05, 0) is 26.0 Å². The van der Waals surface area contributed by atoms with Gasteiger partial charge in [0.25, 0.3) is 0 Å². The highest BCUT2D eigenvalue weighted by atomic mass is 16.5. The number of hydrogen-bond acceptors (Lipinski definition) is 4. The lowest BCUT2D eigenvalue weighted by Crippen LogP contribution is -2.38. The molecular formula is C15H28N2O2. The minimum atomic E-state index is 0.309. The van der Waals surface area contributed by atoms with Crippen LogP contribution in [0.25, 0.3) is 0 Å². The highest BCUT2D eigenvalue weighted by Crippen LogP contribution is 2.22. The van der Waals surface area contributed by atoms with Gasteiger partial charge in [-0.2, -0.15) is 0 Å². The maximum absolute atomic E-state index is 6.01. The Labute approximate surface area is 117 Å². The van der Waals surface area contributed by atoms with Crippen molar-refractivity contribution < 1.29 is 9.47 Å². The van der Waals surface area contributed by atoms with Crippen LogP contribution >= 0.6 is 0 Å². The van der Waals surface area contributed by atoms with Crippen molar-refractivity contribution in [2.75, 3.05) is 39.9 Å². The van der Waals surface area contributed by atoms with Crippen LogP contribution in [0.2, 0.25) is 0 Å². The molecule has 19 heavy (non-hydrogen) atoms. The predicted octanol–water partition coefficient (Wildman–Crippen LogP) is 2.35. The van der Waals surface area contributed by atoms with Crippen LogP contribution < -0.4 is 0 Å². The van der Waals surface area contributed by atoms with Crippen molar-refractivity contribution in [1.29, 1.82) is 0 Å². The smallest absolute Gasteiger partial charge is 0.101 e. The van der Waals surface area contributed by atoms with Gasteiger partial charge >= 0.3 is 0 Å². The molecule has 0 aliphatic carbocycles. The predicted molar refractivity (Wildman–Crippen MR) is 79.8 cm³/mol. The standard InChI is InChI=1S/C15H28N2O2/c1-5-14(12-16-3)13(2)19-15-6-8-17(9-7-15)10-11-18-4/h14-15H,2-3,5-12H2,1,4H3. The van der Waals surface area contributed by atoms with Gasteiger partial charge < -0.3 is 19.4 Å². The summed E-state index contributed by atoms with van der Waals surface area (Å²) in [7, 11) is 1.75. The normalized spacial score (nSPS) is 19.1. The fourth-order valence-corrected chi connectivity index (χ4v) is 2.40. The molecule has 1 heterocycles. The molecule has 0 aromatic carbocycles. The Balaban J connectivity index is 2.28. The average molecular weight is 268 g/mol. The van der Waals surface area contributed by atoms with E-state index in [1.165, 1.54) is 0 Å². The molecule has 1 rings (SSSR count). The number of aliphatic imine (C=N–C) groups is 1. The lowest BCUT2D eigenvalue weighted by Gasteiger charge is -2.33. The lowest BCUT2D eigenvalue weighted by molar-refractivity contribution is 0.0306. The quantitative estimate of drug-likeness (QED) is 0.475. The van der Waals surface area contributed by atoms with Gasteiger partial charge in [0.1, 0.15) is 6.10 Å². The second-order valence-electron chi connectivity index (χ2n) is 5.13. The van der Waals surface area contributed by atoms with E-state index in [-0.39, 0.29) is 0 Å². The van der Waals surface area contributed by atoms with E-state index < -0.39 is 0 Å². The van der Waals surface area contributed by atoms with Crippen molar-refractivity contribution in [3.05, 3.63) is 12.3 Å². The summed E-state index contributed by atoms with van der Waals surface area (Å²) in [6.07, 6.45) is 3.46. The molecule has 110 valence electrons. The lowest BCUT2D eigenvalue weighted by atomic mass is 10.0. The maximum atomic E-state index is 6.01. The van der Waals surface area contributed by atoms with Gasteiger partial charge in [0.2, 0.25) is 0 Å². The van der Waals surface area contributed by atoms with Crippen molar-refractivity contribution in [2.45, 2.75) is 32.3 Å². The first-order chi connectivity index (χ1) is 9.21. The molecular weight excluding hydrogens is 240 g/mol. The molecule has 4 heteroatoms. The van der Waals surface area contributed by atoms with Crippen LogP contribution in [0.3, 0.4) is 0 Å². The van der Waals surface area contributed by atoms with Crippen molar-refractivity contribution in [2.24, 2.45) is 10.9 Å². The van der Waals surface area contributed by atoms with Gasteiger partial charge in [0.15, 0.2) is 0 Å². The number of rotatable bonds is 9. The molecule has 1 aliphatic rings. The van der Waals surface area contributed by atoms with Crippen LogP contribution in [-0.4, -0.2) is 57.6 Å². The highest BCUT2D eigenvalue weighted by molar-refractivity contribution is 5.23. The van der Waals surface area contributed by atoms with Crippen molar-refractivity contribution >= 4 is 6.72 Å². The zero-order valence-corrected chi connectivity index (χ0v) is 12.4. The molecule has 0 amide bonds. The molecule has 0 bridgehead atoms. The molecule has 1 atom stereocenters. The Morgan fingerprint density at radius 1 is 1.42 bits per heavy atom. The Bertz CT molecular complexity index is 273. The van der Waals surface area contributed by atoms with Crippen LogP contribution in [0, 0.1) is 5.92 Å². The van der Waals surface area contributed by atoms with E-state index in [1.807, 2.05) is 0 Å². The van der Waals surface area contributed by atoms with Gasteiger partial charge in [-0.3, -0.25) is 0 Å². The summed E-state index contributed by atoms with van der Waals surface area (Å²) in [5, 5.41) is 0. The van der Waals surface area contributed by atoms with Crippen molar-refractivity contribution in [3.63, 3.8) is 0 Å². The first kappa shape index (κ1) is 16.2. The Hall–Kier alpha value is -0.870. The van der Waals surface area contributed by atoms with E-state index in [1.54, 1.807) is 7.11 Å². The third-order valence-electron chi connectivity index (χ3n) is 3.76. The number of ether oxygens (including phenoxy) is 2. The third-order valence-corrected chi connectivity index (χ3v) is 3.76. The molecule has 1 fully saturated rings. The second-order valence-corrected chi connectivity index (χ2v) is 5.13. The topological polar surface area (TPSA) is 34.1 Å². The average Bonchev–Trinajstić information content (AvgIpc) is 2.43. The number of nitrogens with zero attached hydrogens (tertiary/aromatic N) is 2. The number of hydrogen-bond donors (Lipinski definition) is 0. The van der Waals surface area contributed by atoms with Crippen LogP contribution in [0.15, 0.2) is 17.3 Å². The first-order valence-corrected chi connectivity index (χ1v) is 7.20. The van der Waals surface area contributed by atoms with Crippen molar-refractivity contribution in [1.82, 2.24) is 4.90 Å². The Morgan fingerprint density at radius 3 is 2.63 bits per heavy atom. The van der Waals surface area contributed by atoms with Crippen LogP contribution in [0.4, 0.5) is 0 Å². The minimum absolute atomic E-state index is 0.309. The zero-order chi connectivity index (χ0) is 14.1. The van der Waals surface area contributed by atoms with E-state index >= 15 is 0 Å². The second kappa shape index (κ2) is 9.10. The Kier molecular flexibility index (Phi) is 7.75. The molecule has 0 aromatic rings. The molecule has 0 radical (unpaired) electrons. The van der Waals surface area contributed by atoms with Gasteiger partial charge in [-0.25, -0.2) is 0 Å². The molecule has 0 aromatic heterocycles. The summed E-state index contributed by atoms with van der Waals surface area (Å²) in [6, 6.07) is 0. The molecule has 0 N–H and O–H groups in total. The fraction of sp³-hybridized carbons (Fsp3) is 0.800. The molecule has 0 saturated carbocycles. The maximum Gasteiger partial charge on any atom is 0.101 e. The third kappa shape index (κ3) is 5.74. The van der Waals surface area contributed by atoms with Gasteiger partial charge in [0, 0.05) is 39.2 Å². The van der Waals surface area contributed by atoms with E-state index in [0.717, 1.165) is 51.3 Å². The van der Waals surface area contributed by atoms with Gasteiger partial charge in [0.05, 0.1) is 12.4 Å².